The van der Waals surface area contributed by atoms with Gasteiger partial charge in [0.25, 0.3) is 11.7 Å². The molecule has 0 spiro atoms. The van der Waals surface area contributed by atoms with E-state index in [-0.39, 0.29) is 16.9 Å². The summed E-state index contributed by atoms with van der Waals surface area (Å²) in [4.78, 5) is 27.8. The second-order valence-electron chi connectivity index (χ2n) is 7.42. The monoisotopic (exact) mass is 474 g/mol. The lowest BCUT2D eigenvalue weighted by Crippen LogP contribution is -2.29. The van der Waals surface area contributed by atoms with E-state index in [4.69, 9.17) is 26.3 Å². The average Bonchev–Trinajstić information content (AvgIpc) is 3.13. The summed E-state index contributed by atoms with van der Waals surface area (Å²) in [7, 11) is 2.92. The molecule has 1 saturated heterocycles. The topological polar surface area (TPSA) is 99.9 Å². The first-order chi connectivity index (χ1) is 16.4. The third kappa shape index (κ3) is 3.85. The van der Waals surface area contributed by atoms with Crippen LogP contribution in [0.1, 0.15) is 22.7 Å². The molecule has 1 aliphatic heterocycles. The van der Waals surface area contributed by atoms with Gasteiger partial charge in [0, 0.05) is 16.8 Å². The van der Waals surface area contributed by atoms with Crippen LogP contribution in [0.3, 0.4) is 0 Å². The molecule has 0 radical (unpaired) electrons. The molecule has 0 bridgehead atoms. The summed E-state index contributed by atoms with van der Waals surface area (Å²) >= 11 is 6.11. The average molecular weight is 475 g/mol. The number of amides is 1. The number of aliphatic hydroxyl groups is 1. The fraction of sp³-hybridized carbons (Fsp3) is 0.115. The van der Waals surface area contributed by atoms with Crippen molar-refractivity contribution in [2.75, 3.05) is 19.1 Å². The number of rotatable bonds is 5. The number of para-hydroxylation sites is 1. The summed E-state index contributed by atoms with van der Waals surface area (Å²) in [5.74, 6) is -1.30. The van der Waals surface area contributed by atoms with Gasteiger partial charge < -0.3 is 14.6 Å². The van der Waals surface area contributed by atoms with Crippen LogP contribution in [0.5, 0.6) is 11.5 Å². The predicted octanol–water partition coefficient (Wildman–Crippen LogP) is 4.86. The summed E-state index contributed by atoms with van der Waals surface area (Å²) in [5, 5.41) is 20.7. The van der Waals surface area contributed by atoms with Crippen molar-refractivity contribution in [2.24, 2.45) is 0 Å². The maximum atomic E-state index is 13.3. The zero-order valence-electron chi connectivity index (χ0n) is 18.3. The van der Waals surface area contributed by atoms with Crippen LogP contribution in [0, 0.1) is 11.3 Å². The highest BCUT2D eigenvalue weighted by atomic mass is 35.5. The Labute approximate surface area is 201 Å². The van der Waals surface area contributed by atoms with Crippen molar-refractivity contribution in [1.29, 1.82) is 5.26 Å². The number of carbonyl (C=O) groups excluding carboxylic acids is 2. The number of carbonyl (C=O) groups is 2. The molecule has 1 unspecified atom stereocenters. The molecular formula is C26H19ClN2O5. The number of benzene rings is 3. The first-order valence-corrected chi connectivity index (χ1v) is 10.6. The Morgan fingerprint density at radius 1 is 1.00 bits per heavy atom. The van der Waals surface area contributed by atoms with Gasteiger partial charge in [-0.15, -0.1) is 0 Å². The summed E-state index contributed by atoms with van der Waals surface area (Å²) < 4.78 is 10.7. The Kier molecular flexibility index (Phi) is 6.26. The molecule has 1 N–H and O–H groups in total. The van der Waals surface area contributed by atoms with Crippen LogP contribution in [0.2, 0.25) is 5.02 Å². The maximum absolute atomic E-state index is 13.3. The summed E-state index contributed by atoms with van der Waals surface area (Å²) in [6.45, 7) is 0. The van der Waals surface area contributed by atoms with E-state index in [0.717, 1.165) is 0 Å². The molecule has 3 aromatic carbocycles. The molecule has 3 aromatic rings. The molecule has 1 atom stereocenters. The summed E-state index contributed by atoms with van der Waals surface area (Å²) in [5.41, 5.74) is 1.46. The smallest absolute Gasteiger partial charge is 0.300 e. The number of hydrogen-bond donors (Lipinski definition) is 1. The van der Waals surface area contributed by atoms with Crippen LogP contribution in [0.25, 0.3) is 5.76 Å². The van der Waals surface area contributed by atoms with Gasteiger partial charge in [0.05, 0.1) is 42.5 Å². The van der Waals surface area contributed by atoms with E-state index in [2.05, 4.69) is 0 Å². The Morgan fingerprint density at radius 3 is 2.32 bits per heavy atom. The third-order valence-electron chi connectivity index (χ3n) is 5.58. The van der Waals surface area contributed by atoms with Crippen LogP contribution in [0.15, 0.2) is 72.3 Å². The van der Waals surface area contributed by atoms with Crippen molar-refractivity contribution in [2.45, 2.75) is 6.04 Å². The van der Waals surface area contributed by atoms with E-state index in [1.807, 2.05) is 6.07 Å². The van der Waals surface area contributed by atoms with E-state index >= 15 is 0 Å². The fourth-order valence-electron chi connectivity index (χ4n) is 3.94. The number of ketones is 1. The summed E-state index contributed by atoms with van der Waals surface area (Å²) in [6, 6.07) is 18.8. The van der Waals surface area contributed by atoms with Crippen molar-refractivity contribution in [3.63, 3.8) is 0 Å². The Bertz CT molecular complexity index is 1360. The van der Waals surface area contributed by atoms with Gasteiger partial charge in [-0.05, 0) is 48.5 Å². The fourth-order valence-corrected chi connectivity index (χ4v) is 4.14. The van der Waals surface area contributed by atoms with E-state index in [1.165, 1.54) is 37.3 Å². The predicted molar refractivity (Wildman–Crippen MR) is 127 cm³/mol. The minimum absolute atomic E-state index is 0.108. The van der Waals surface area contributed by atoms with Crippen LogP contribution in [-0.4, -0.2) is 31.0 Å². The second kappa shape index (κ2) is 9.30. The van der Waals surface area contributed by atoms with Gasteiger partial charge in [0.2, 0.25) is 0 Å². The third-order valence-corrected chi connectivity index (χ3v) is 5.89. The molecule has 1 amide bonds. The van der Waals surface area contributed by atoms with Crippen molar-refractivity contribution >= 4 is 34.7 Å². The van der Waals surface area contributed by atoms with Crippen LogP contribution >= 0.6 is 11.6 Å². The number of ether oxygens (including phenoxy) is 2. The standard InChI is InChI=1S/C26H19ClN2O5/c1-33-20-6-4-3-5-18(20)23-22(24(30)16-9-12-19(27)21(13-16)34-2)25(31)26(32)29(23)17-10-7-15(14-28)8-11-17/h3-13,23,30H,1-2H3/b24-22+. The quantitative estimate of drug-likeness (QED) is 0.322. The molecule has 4 rings (SSSR count). The number of methoxy groups -OCH3 is 2. The minimum atomic E-state index is -0.981. The molecule has 170 valence electrons. The maximum Gasteiger partial charge on any atom is 0.300 e. The molecule has 0 aliphatic carbocycles. The zero-order chi connectivity index (χ0) is 24.4. The van der Waals surface area contributed by atoms with Gasteiger partial charge >= 0.3 is 0 Å². The van der Waals surface area contributed by atoms with E-state index < -0.39 is 17.7 Å². The minimum Gasteiger partial charge on any atom is -0.507 e. The number of halogens is 1. The SMILES string of the molecule is COc1cc(/C(O)=C2\C(=O)C(=O)N(c3ccc(C#N)cc3)C2c2ccccc2OC)ccc1Cl. The van der Waals surface area contributed by atoms with Gasteiger partial charge in [-0.25, -0.2) is 0 Å². The number of anilines is 1. The van der Waals surface area contributed by atoms with Crippen molar-refractivity contribution < 1.29 is 24.2 Å². The Hall–Kier alpha value is -4.28. The Balaban J connectivity index is 1.98. The first kappa shape index (κ1) is 22.9. The van der Waals surface area contributed by atoms with Gasteiger partial charge in [0.1, 0.15) is 17.3 Å². The van der Waals surface area contributed by atoms with E-state index in [9.17, 15) is 14.7 Å². The lowest BCUT2D eigenvalue weighted by atomic mass is 9.94. The highest BCUT2D eigenvalue weighted by Crippen LogP contribution is 2.45. The molecule has 1 fully saturated rings. The van der Waals surface area contributed by atoms with Crippen molar-refractivity contribution in [3.05, 3.63) is 94.0 Å². The molecule has 0 aromatic heterocycles. The number of Topliss-reactive ketones (excluding diaryl/α,β-unsaturated/α-hetero) is 1. The second-order valence-corrected chi connectivity index (χ2v) is 7.83. The molecule has 8 heteroatoms. The van der Waals surface area contributed by atoms with Crippen LogP contribution in [-0.2, 0) is 9.59 Å². The molecular weight excluding hydrogens is 456 g/mol. The lowest BCUT2D eigenvalue weighted by molar-refractivity contribution is -0.132. The summed E-state index contributed by atoms with van der Waals surface area (Å²) in [6.07, 6.45) is 0. The highest BCUT2D eigenvalue weighted by Gasteiger charge is 2.47. The van der Waals surface area contributed by atoms with E-state index in [0.29, 0.717) is 33.3 Å². The van der Waals surface area contributed by atoms with Crippen LogP contribution < -0.4 is 14.4 Å². The van der Waals surface area contributed by atoms with Gasteiger partial charge in [-0.1, -0.05) is 29.8 Å². The number of nitriles is 1. The lowest BCUT2D eigenvalue weighted by Gasteiger charge is -2.26. The van der Waals surface area contributed by atoms with E-state index in [1.54, 1.807) is 48.5 Å². The molecule has 0 saturated carbocycles. The molecule has 7 nitrogen and oxygen atoms in total. The van der Waals surface area contributed by atoms with Crippen molar-refractivity contribution in [1.82, 2.24) is 0 Å². The van der Waals surface area contributed by atoms with Gasteiger partial charge in [-0.2, -0.15) is 5.26 Å². The zero-order valence-corrected chi connectivity index (χ0v) is 19.0. The Morgan fingerprint density at radius 2 is 1.68 bits per heavy atom. The number of aliphatic hydroxyl groups excluding tert-OH is 1. The molecule has 1 aliphatic rings. The number of nitrogens with zero attached hydrogens (tertiary/aromatic N) is 2. The largest absolute Gasteiger partial charge is 0.507 e. The van der Waals surface area contributed by atoms with Gasteiger partial charge in [-0.3, -0.25) is 14.5 Å². The molecule has 34 heavy (non-hydrogen) atoms. The van der Waals surface area contributed by atoms with Crippen molar-refractivity contribution in [3.8, 4) is 17.6 Å². The normalized spacial score (nSPS) is 16.9. The van der Waals surface area contributed by atoms with Crippen LogP contribution in [0.4, 0.5) is 5.69 Å². The first-order valence-electron chi connectivity index (χ1n) is 10.2. The molecule has 1 heterocycles. The number of hydrogen-bond acceptors (Lipinski definition) is 6. The highest BCUT2D eigenvalue weighted by molar-refractivity contribution is 6.51. The van der Waals surface area contributed by atoms with Gasteiger partial charge in [0.15, 0.2) is 0 Å².